The van der Waals surface area contributed by atoms with Gasteiger partial charge in [0.2, 0.25) is 0 Å². The van der Waals surface area contributed by atoms with Gasteiger partial charge < -0.3 is 15.4 Å². The van der Waals surface area contributed by atoms with Crippen LogP contribution in [0.4, 0.5) is 11.4 Å². The maximum atomic E-state index is 12.2. The number of unbranched alkanes of at least 4 members (excludes halogenated alkanes) is 1. The van der Waals surface area contributed by atoms with E-state index in [-0.39, 0.29) is 5.91 Å². The highest BCUT2D eigenvalue weighted by molar-refractivity contribution is 6.34. The van der Waals surface area contributed by atoms with E-state index in [0.717, 1.165) is 56.2 Å². The number of ether oxygens (including phenoxy) is 1. The SMILES string of the molecule is O=C1Nc2ccc(Cl)cc2C1=CNc1ccc(CCCCN2CCOCC2)cc1. The Kier molecular flexibility index (Phi) is 6.49. The normalized spacial score (nSPS) is 18.0. The van der Waals surface area contributed by atoms with Crippen LogP contribution in [0.5, 0.6) is 0 Å². The summed E-state index contributed by atoms with van der Waals surface area (Å²) in [5.41, 5.74) is 4.50. The van der Waals surface area contributed by atoms with Gasteiger partial charge in [-0.1, -0.05) is 23.7 Å². The van der Waals surface area contributed by atoms with Crippen LogP contribution in [0.25, 0.3) is 5.57 Å². The molecule has 0 saturated carbocycles. The third-order valence-corrected chi connectivity index (χ3v) is 5.63. The summed E-state index contributed by atoms with van der Waals surface area (Å²) >= 11 is 6.07. The van der Waals surface area contributed by atoms with Crippen LogP contribution in [-0.4, -0.2) is 43.7 Å². The monoisotopic (exact) mass is 411 g/mol. The van der Waals surface area contributed by atoms with Crippen LogP contribution in [0, 0.1) is 0 Å². The van der Waals surface area contributed by atoms with Gasteiger partial charge in [-0.05, 0) is 61.7 Å². The van der Waals surface area contributed by atoms with Crippen LogP contribution in [-0.2, 0) is 16.0 Å². The van der Waals surface area contributed by atoms with Crippen molar-refractivity contribution in [3.63, 3.8) is 0 Å². The number of halogens is 1. The van der Waals surface area contributed by atoms with Crippen molar-refractivity contribution in [1.82, 2.24) is 4.90 Å². The number of fused-ring (bicyclic) bond motifs is 1. The Morgan fingerprint density at radius 3 is 2.69 bits per heavy atom. The van der Waals surface area contributed by atoms with Crippen molar-refractivity contribution < 1.29 is 9.53 Å². The Labute approximate surface area is 176 Å². The molecule has 152 valence electrons. The maximum absolute atomic E-state index is 12.2. The van der Waals surface area contributed by atoms with Gasteiger partial charge >= 0.3 is 0 Å². The zero-order chi connectivity index (χ0) is 20.1. The van der Waals surface area contributed by atoms with E-state index in [1.54, 1.807) is 12.3 Å². The molecule has 4 rings (SSSR count). The summed E-state index contributed by atoms with van der Waals surface area (Å²) in [4.78, 5) is 14.7. The quantitative estimate of drug-likeness (QED) is 0.523. The van der Waals surface area contributed by atoms with Gasteiger partial charge in [0.25, 0.3) is 5.91 Å². The van der Waals surface area contributed by atoms with E-state index in [0.29, 0.717) is 10.6 Å². The molecule has 0 atom stereocenters. The van der Waals surface area contributed by atoms with Crippen molar-refractivity contribution in [3.8, 4) is 0 Å². The van der Waals surface area contributed by atoms with E-state index >= 15 is 0 Å². The van der Waals surface area contributed by atoms with Crippen LogP contribution < -0.4 is 10.6 Å². The molecule has 0 spiro atoms. The first kappa shape index (κ1) is 20.0. The van der Waals surface area contributed by atoms with Crippen molar-refractivity contribution in [2.45, 2.75) is 19.3 Å². The minimum absolute atomic E-state index is 0.119. The molecule has 0 aromatic heterocycles. The van der Waals surface area contributed by atoms with Crippen molar-refractivity contribution in [3.05, 3.63) is 64.8 Å². The molecule has 6 heteroatoms. The van der Waals surface area contributed by atoms with Gasteiger partial charge in [0, 0.05) is 41.3 Å². The summed E-state index contributed by atoms with van der Waals surface area (Å²) < 4.78 is 5.39. The Morgan fingerprint density at radius 2 is 1.90 bits per heavy atom. The molecular formula is C23H26ClN3O2. The molecule has 2 heterocycles. The number of aryl methyl sites for hydroxylation is 1. The lowest BCUT2D eigenvalue weighted by Gasteiger charge is -2.26. The lowest BCUT2D eigenvalue weighted by molar-refractivity contribution is -0.110. The number of amides is 1. The van der Waals surface area contributed by atoms with Gasteiger partial charge in [-0.2, -0.15) is 0 Å². The fraction of sp³-hybridized carbons (Fsp3) is 0.348. The molecule has 2 aliphatic rings. The number of benzene rings is 2. The molecule has 0 radical (unpaired) electrons. The third-order valence-electron chi connectivity index (χ3n) is 5.40. The number of carbonyl (C=O) groups is 1. The number of hydrogen-bond acceptors (Lipinski definition) is 4. The zero-order valence-corrected chi connectivity index (χ0v) is 17.2. The number of nitrogens with one attached hydrogen (secondary N) is 2. The molecule has 2 aromatic rings. The molecular weight excluding hydrogens is 386 g/mol. The molecule has 0 bridgehead atoms. The van der Waals surface area contributed by atoms with E-state index in [1.807, 2.05) is 12.1 Å². The predicted molar refractivity (Wildman–Crippen MR) is 118 cm³/mol. The number of morpholine rings is 1. The van der Waals surface area contributed by atoms with Crippen molar-refractivity contribution >= 4 is 34.5 Å². The Balaban J connectivity index is 1.28. The fourth-order valence-corrected chi connectivity index (χ4v) is 3.89. The summed E-state index contributed by atoms with van der Waals surface area (Å²) in [7, 11) is 0. The third kappa shape index (κ3) is 5.18. The first-order valence-corrected chi connectivity index (χ1v) is 10.5. The summed E-state index contributed by atoms with van der Waals surface area (Å²) in [6.45, 7) is 5.01. The lowest BCUT2D eigenvalue weighted by Crippen LogP contribution is -2.36. The molecule has 1 amide bonds. The Bertz CT molecular complexity index is 889. The van der Waals surface area contributed by atoms with Gasteiger partial charge in [-0.25, -0.2) is 0 Å². The maximum Gasteiger partial charge on any atom is 0.257 e. The second-order valence-electron chi connectivity index (χ2n) is 7.45. The van der Waals surface area contributed by atoms with E-state index in [1.165, 1.54) is 18.4 Å². The average Bonchev–Trinajstić information content (AvgIpc) is 3.05. The van der Waals surface area contributed by atoms with Gasteiger partial charge in [-0.15, -0.1) is 0 Å². The first-order chi connectivity index (χ1) is 14.2. The standard InChI is InChI=1S/C23H26ClN3O2/c24-18-6-9-22-20(15-18)21(23(28)26-22)16-25-19-7-4-17(5-8-19)3-1-2-10-27-11-13-29-14-12-27/h4-9,15-16,25H,1-3,10-14H2,(H,26,28). The van der Waals surface area contributed by atoms with Crippen LogP contribution in [0.2, 0.25) is 5.02 Å². The number of rotatable bonds is 7. The second-order valence-corrected chi connectivity index (χ2v) is 7.89. The highest BCUT2D eigenvalue weighted by Crippen LogP contribution is 2.33. The molecule has 2 aromatic carbocycles. The molecule has 1 saturated heterocycles. The van der Waals surface area contributed by atoms with Crippen molar-refractivity contribution in [2.24, 2.45) is 0 Å². The number of carbonyl (C=O) groups excluding carboxylic acids is 1. The Morgan fingerprint density at radius 1 is 1.10 bits per heavy atom. The first-order valence-electron chi connectivity index (χ1n) is 10.2. The van der Waals surface area contributed by atoms with E-state index in [4.69, 9.17) is 16.3 Å². The van der Waals surface area contributed by atoms with Gasteiger partial charge in [0.1, 0.15) is 0 Å². The summed E-state index contributed by atoms with van der Waals surface area (Å²) in [5, 5.41) is 6.70. The van der Waals surface area contributed by atoms with Crippen molar-refractivity contribution in [2.75, 3.05) is 43.5 Å². The molecule has 5 nitrogen and oxygen atoms in total. The van der Waals surface area contributed by atoms with E-state index in [9.17, 15) is 4.79 Å². The minimum Gasteiger partial charge on any atom is -0.379 e. The average molecular weight is 412 g/mol. The molecule has 2 N–H and O–H groups in total. The number of hydrogen-bond donors (Lipinski definition) is 2. The number of anilines is 2. The van der Waals surface area contributed by atoms with Crippen LogP contribution in [0.3, 0.4) is 0 Å². The van der Waals surface area contributed by atoms with Crippen LogP contribution in [0.1, 0.15) is 24.0 Å². The molecule has 29 heavy (non-hydrogen) atoms. The molecule has 0 aliphatic carbocycles. The summed E-state index contributed by atoms with van der Waals surface area (Å²) in [5.74, 6) is -0.119. The second kappa shape index (κ2) is 9.44. The molecule has 1 fully saturated rings. The topological polar surface area (TPSA) is 53.6 Å². The van der Waals surface area contributed by atoms with E-state index in [2.05, 4.69) is 39.8 Å². The molecule has 0 unspecified atom stereocenters. The summed E-state index contributed by atoms with van der Waals surface area (Å²) in [6.07, 6.45) is 5.23. The minimum atomic E-state index is -0.119. The summed E-state index contributed by atoms with van der Waals surface area (Å²) in [6, 6.07) is 13.8. The van der Waals surface area contributed by atoms with Crippen molar-refractivity contribution in [1.29, 1.82) is 0 Å². The predicted octanol–water partition coefficient (Wildman–Crippen LogP) is 4.40. The fourth-order valence-electron chi connectivity index (χ4n) is 3.72. The zero-order valence-electron chi connectivity index (χ0n) is 16.4. The van der Waals surface area contributed by atoms with Crippen LogP contribution >= 0.6 is 11.6 Å². The highest BCUT2D eigenvalue weighted by Gasteiger charge is 2.24. The largest absolute Gasteiger partial charge is 0.379 e. The molecule has 2 aliphatic heterocycles. The van der Waals surface area contributed by atoms with E-state index < -0.39 is 0 Å². The van der Waals surface area contributed by atoms with Gasteiger partial charge in [0.15, 0.2) is 0 Å². The highest BCUT2D eigenvalue weighted by atomic mass is 35.5. The van der Waals surface area contributed by atoms with Crippen LogP contribution in [0.15, 0.2) is 48.7 Å². The smallest absolute Gasteiger partial charge is 0.257 e. The van der Waals surface area contributed by atoms with Gasteiger partial charge in [0.05, 0.1) is 18.8 Å². The lowest BCUT2D eigenvalue weighted by atomic mass is 10.1. The Hall–Kier alpha value is -2.34. The number of nitrogens with zero attached hydrogens (tertiary/aromatic N) is 1. The van der Waals surface area contributed by atoms with Gasteiger partial charge in [-0.3, -0.25) is 9.69 Å².